The SMILES string of the molecule is CCCCN(CCBr)C(=O)C(C)C. The minimum atomic E-state index is 0.121. The summed E-state index contributed by atoms with van der Waals surface area (Å²) in [5.41, 5.74) is 0. The summed E-state index contributed by atoms with van der Waals surface area (Å²) in [6.45, 7) is 7.79. The van der Waals surface area contributed by atoms with Crippen molar-refractivity contribution in [1.82, 2.24) is 4.90 Å². The Morgan fingerprint density at radius 2 is 2.00 bits per heavy atom. The zero-order valence-electron chi connectivity index (χ0n) is 8.85. The van der Waals surface area contributed by atoms with E-state index in [1.165, 1.54) is 0 Å². The van der Waals surface area contributed by atoms with Crippen LogP contribution in [0.15, 0.2) is 0 Å². The summed E-state index contributed by atoms with van der Waals surface area (Å²) >= 11 is 3.37. The number of carbonyl (C=O) groups is 1. The van der Waals surface area contributed by atoms with Crippen LogP contribution in [0.4, 0.5) is 0 Å². The fourth-order valence-electron chi connectivity index (χ4n) is 1.15. The van der Waals surface area contributed by atoms with Crippen molar-refractivity contribution in [2.24, 2.45) is 5.92 Å². The molecule has 1 amide bonds. The molecule has 0 unspecified atom stereocenters. The largest absolute Gasteiger partial charge is 0.342 e. The third-order valence-corrected chi connectivity index (χ3v) is 2.30. The molecule has 0 fully saturated rings. The van der Waals surface area contributed by atoms with Gasteiger partial charge in [0.2, 0.25) is 5.91 Å². The maximum absolute atomic E-state index is 11.6. The van der Waals surface area contributed by atoms with E-state index in [4.69, 9.17) is 0 Å². The molecule has 0 aliphatic carbocycles. The number of amides is 1. The number of carbonyl (C=O) groups excluding carboxylic acids is 1. The van der Waals surface area contributed by atoms with Crippen molar-refractivity contribution in [1.29, 1.82) is 0 Å². The molecule has 0 radical (unpaired) electrons. The molecule has 0 bridgehead atoms. The molecule has 0 aliphatic heterocycles. The van der Waals surface area contributed by atoms with Crippen LogP contribution in [0.25, 0.3) is 0 Å². The molecule has 2 nitrogen and oxygen atoms in total. The van der Waals surface area contributed by atoms with Gasteiger partial charge >= 0.3 is 0 Å². The average molecular weight is 250 g/mol. The zero-order valence-corrected chi connectivity index (χ0v) is 10.4. The summed E-state index contributed by atoms with van der Waals surface area (Å²) in [5, 5.41) is 0.870. The number of rotatable bonds is 6. The molecule has 3 heteroatoms. The molecule has 0 aromatic heterocycles. The molecule has 0 aromatic rings. The van der Waals surface area contributed by atoms with E-state index in [1.807, 2.05) is 18.7 Å². The van der Waals surface area contributed by atoms with Gasteiger partial charge in [0.15, 0.2) is 0 Å². The second-order valence-corrected chi connectivity index (χ2v) is 4.32. The van der Waals surface area contributed by atoms with Gasteiger partial charge in [0.25, 0.3) is 0 Å². The number of hydrogen-bond donors (Lipinski definition) is 0. The molecule has 0 heterocycles. The molecular weight excluding hydrogens is 230 g/mol. The fourth-order valence-corrected chi connectivity index (χ4v) is 1.58. The Kier molecular flexibility index (Phi) is 7.33. The molecule has 0 saturated carbocycles. The number of nitrogens with zero attached hydrogens (tertiary/aromatic N) is 1. The Balaban J connectivity index is 3.99. The van der Waals surface area contributed by atoms with Crippen LogP contribution in [0.5, 0.6) is 0 Å². The summed E-state index contributed by atoms with van der Waals surface area (Å²) in [6.07, 6.45) is 2.25. The number of alkyl halides is 1. The van der Waals surface area contributed by atoms with Crippen LogP contribution in [-0.2, 0) is 4.79 Å². The zero-order chi connectivity index (χ0) is 10.3. The van der Waals surface area contributed by atoms with E-state index in [-0.39, 0.29) is 11.8 Å². The van der Waals surface area contributed by atoms with E-state index in [1.54, 1.807) is 0 Å². The molecule has 0 N–H and O–H groups in total. The van der Waals surface area contributed by atoms with Gasteiger partial charge in [-0.15, -0.1) is 0 Å². The summed E-state index contributed by atoms with van der Waals surface area (Å²) < 4.78 is 0. The van der Waals surface area contributed by atoms with E-state index in [0.717, 1.165) is 31.3 Å². The Morgan fingerprint density at radius 3 is 2.38 bits per heavy atom. The van der Waals surface area contributed by atoms with Crippen LogP contribution in [0.2, 0.25) is 0 Å². The molecule has 13 heavy (non-hydrogen) atoms. The van der Waals surface area contributed by atoms with Gasteiger partial charge in [-0.25, -0.2) is 0 Å². The molecule has 0 rings (SSSR count). The lowest BCUT2D eigenvalue weighted by atomic mass is 10.2. The highest BCUT2D eigenvalue weighted by Crippen LogP contribution is 2.04. The van der Waals surface area contributed by atoms with Crippen molar-refractivity contribution < 1.29 is 4.79 Å². The molecule has 78 valence electrons. The highest BCUT2D eigenvalue weighted by Gasteiger charge is 2.15. The first kappa shape index (κ1) is 12.9. The highest BCUT2D eigenvalue weighted by molar-refractivity contribution is 9.09. The van der Waals surface area contributed by atoms with Crippen LogP contribution in [0.1, 0.15) is 33.6 Å². The quantitative estimate of drug-likeness (QED) is 0.664. The summed E-state index contributed by atoms with van der Waals surface area (Å²) in [4.78, 5) is 13.6. The van der Waals surface area contributed by atoms with Crippen LogP contribution in [-0.4, -0.2) is 29.2 Å². The predicted molar refractivity (Wildman–Crippen MR) is 60.1 cm³/mol. The normalized spacial score (nSPS) is 10.5. The van der Waals surface area contributed by atoms with E-state index < -0.39 is 0 Å². The first-order valence-corrected chi connectivity index (χ1v) is 6.10. The molecule has 0 saturated heterocycles. The van der Waals surface area contributed by atoms with Crippen molar-refractivity contribution in [2.45, 2.75) is 33.6 Å². The highest BCUT2D eigenvalue weighted by atomic mass is 79.9. The van der Waals surface area contributed by atoms with Gasteiger partial charge in [0.1, 0.15) is 0 Å². The van der Waals surface area contributed by atoms with Crippen molar-refractivity contribution in [2.75, 3.05) is 18.4 Å². The van der Waals surface area contributed by atoms with Crippen molar-refractivity contribution in [3.8, 4) is 0 Å². The first-order chi connectivity index (χ1) is 6.13. The second-order valence-electron chi connectivity index (χ2n) is 3.52. The van der Waals surface area contributed by atoms with E-state index in [2.05, 4.69) is 22.9 Å². The lowest BCUT2D eigenvalue weighted by Crippen LogP contribution is -2.36. The maximum Gasteiger partial charge on any atom is 0.225 e. The maximum atomic E-state index is 11.6. The Labute approximate surface area is 89.8 Å². The van der Waals surface area contributed by atoms with Gasteiger partial charge in [-0.05, 0) is 6.42 Å². The Morgan fingerprint density at radius 1 is 1.38 bits per heavy atom. The van der Waals surface area contributed by atoms with Gasteiger partial charge in [-0.1, -0.05) is 43.1 Å². The van der Waals surface area contributed by atoms with E-state index >= 15 is 0 Å². The number of halogens is 1. The molecule has 0 spiro atoms. The topological polar surface area (TPSA) is 20.3 Å². The van der Waals surface area contributed by atoms with Gasteiger partial charge in [0, 0.05) is 24.3 Å². The molecule has 0 atom stereocenters. The lowest BCUT2D eigenvalue weighted by Gasteiger charge is -2.23. The predicted octanol–water partition coefficient (Wildman–Crippen LogP) is 2.67. The number of hydrogen-bond acceptors (Lipinski definition) is 1. The standard InChI is InChI=1S/C10H20BrNO/c1-4-5-7-12(8-6-11)10(13)9(2)3/h9H,4-8H2,1-3H3. The Hall–Kier alpha value is -0.0500. The monoisotopic (exact) mass is 249 g/mol. The lowest BCUT2D eigenvalue weighted by molar-refractivity contribution is -0.134. The minimum absolute atomic E-state index is 0.121. The van der Waals surface area contributed by atoms with Crippen molar-refractivity contribution in [3.05, 3.63) is 0 Å². The van der Waals surface area contributed by atoms with Crippen molar-refractivity contribution >= 4 is 21.8 Å². The average Bonchev–Trinajstić information content (AvgIpc) is 2.11. The van der Waals surface area contributed by atoms with E-state index in [0.29, 0.717) is 0 Å². The van der Waals surface area contributed by atoms with Crippen LogP contribution in [0, 0.1) is 5.92 Å². The van der Waals surface area contributed by atoms with E-state index in [9.17, 15) is 4.79 Å². The van der Waals surface area contributed by atoms with Crippen LogP contribution < -0.4 is 0 Å². The van der Waals surface area contributed by atoms with Crippen molar-refractivity contribution in [3.63, 3.8) is 0 Å². The third-order valence-electron chi connectivity index (χ3n) is 1.94. The van der Waals surface area contributed by atoms with Crippen LogP contribution in [0.3, 0.4) is 0 Å². The summed E-state index contributed by atoms with van der Waals surface area (Å²) in [7, 11) is 0. The van der Waals surface area contributed by atoms with Gasteiger partial charge in [0.05, 0.1) is 0 Å². The van der Waals surface area contributed by atoms with Gasteiger partial charge in [-0.2, -0.15) is 0 Å². The van der Waals surface area contributed by atoms with Gasteiger partial charge < -0.3 is 4.90 Å². The second kappa shape index (κ2) is 7.36. The summed E-state index contributed by atoms with van der Waals surface area (Å²) in [5.74, 6) is 0.392. The fraction of sp³-hybridized carbons (Fsp3) is 0.900. The molecule has 0 aliphatic rings. The number of unbranched alkanes of at least 4 members (excludes halogenated alkanes) is 1. The molecule has 0 aromatic carbocycles. The van der Waals surface area contributed by atoms with Gasteiger partial charge in [-0.3, -0.25) is 4.79 Å². The Bertz CT molecular complexity index is 148. The van der Waals surface area contributed by atoms with Crippen LogP contribution >= 0.6 is 15.9 Å². The first-order valence-electron chi connectivity index (χ1n) is 4.98. The third kappa shape index (κ3) is 5.29. The smallest absolute Gasteiger partial charge is 0.225 e. The minimum Gasteiger partial charge on any atom is -0.342 e. The summed E-state index contributed by atoms with van der Waals surface area (Å²) in [6, 6.07) is 0. The molecular formula is C10H20BrNO.